The van der Waals surface area contributed by atoms with Gasteiger partial charge < -0.3 is 14.5 Å². The van der Waals surface area contributed by atoms with E-state index in [4.69, 9.17) is 4.74 Å². The predicted molar refractivity (Wildman–Crippen MR) is 85.7 cm³/mol. The molecule has 4 rings (SSSR count). The summed E-state index contributed by atoms with van der Waals surface area (Å²) in [6.07, 6.45) is 7.77. The Kier molecular flexibility index (Phi) is 4.31. The molecule has 2 saturated carbocycles. The van der Waals surface area contributed by atoms with Crippen molar-refractivity contribution >= 4 is 11.8 Å². The van der Waals surface area contributed by atoms with Gasteiger partial charge in [-0.05, 0) is 50.4 Å². The van der Waals surface area contributed by atoms with Gasteiger partial charge in [-0.2, -0.15) is 0 Å². The number of morpholine rings is 1. The Labute approximate surface area is 138 Å². The minimum Gasteiger partial charge on any atom is -0.378 e. The summed E-state index contributed by atoms with van der Waals surface area (Å²) in [5, 5.41) is 0. The zero-order valence-electron chi connectivity index (χ0n) is 13.9. The predicted octanol–water partition coefficient (Wildman–Crippen LogP) is 1.66. The van der Waals surface area contributed by atoms with E-state index in [0.717, 1.165) is 38.1 Å². The lowest BCUT2D eigenvalue weighted by Crippen LogP contribution is -2.56. The van der Waals surface area contributed by atoms with Crippen molar-refractivity contribution in [2.75, 3.05) is 32.8 Å². The third-order valence-corrected chi connectivity index (χ3v) is 6.45. The molecular weight excluding hydrogens is 292 g/mol. The number of fused-ring (bicyclic) bond motifs is 2. The first-order valence-electron chi connectivity index (χ1n) is 9.41. The Balaban J connectivity index is 1.46. The number of hydrogen-bond acceptors (Lipinski definition) is 3. The van der Waals surface area contributed by atoms with Gasteiger partial charge in [-0.3, -0.25) is 9.59 Å². The number of nitrogens with zero attached hydrogens (tertiary/aromatic N) is 2. The maximum absolute atomic E-state index is 13.1. The van der Waals surface area contributed by atoms with Gasteiger partial charge in [0.05, 0.1) is 13.2 Å². The number of rotatable bonds is 2. The van der Waals surface area contributed by atoms with E-state index in [-0.39, 0.29) is 23.8 Å². The van der Waals surface area contributed by atoms with E-state index in [1.54, 1.807) is 0 Å². The second-order valence-electron chi connectivity index (χ2n) is 7.76. The summed E-state index contributed by atoms with van der Waals surface area (Å²) < 4.78 is 5.35. The lowest BCUT2D eigenvalue weighted by molar-refractivity contribution is -0.153. The SMILES string of the molecule is O=C(C1CCCCN1C(=O)C1CC2CCC1C2)N1CCOCC1. The van der Waals surface area contributed by atoms with Crippen LogP contribution in [0.15, 0.2) is 0 Å². The number of carbonyl (C=O) groups is 2. The number of likely N-dealkylation sites (tertiary alicyclic amines) is 1. The fourth-order valence-electron chi connectivity index (χ4n) is 5.21. The summed E-state index contributed by atoms with van der Waals surface area (Å²) in [4.78, 5) is 29.9. The molecule has 5 heteroatoms. The Hall–Kier alpha value is -1.10. The summed E-state index contributed by atoms with van der Waals surface area (Å²) in [6, 6.07) is -0.214. The van der Waals surface area contributed by atoms with Gasteiger partial charge in [0, 0.05) is 25.6 Å². The number of ether oxygens (including phenoxy) is 1. The van der Waals surface area contributed by atoms with E-state index >= 15 is 0 Å². The Morgan fingerprint density at radius 2 is 1.70 bits per heavy atom. The van der Waals surface area contributed by atoms with Crippen LogP contribution in [0, 0.1) is 17.8 Å². The van der Waals surface area contributed by atoms with Crippen LogP contribution in [0.1, 0.15) is 44.9 Å². The molecule has 0 aromatic heterocycles. The fourth-order valence-corrected chi connectivity index (χ4v) is 5.21. The van der Waals surface area contributed by atoms with Crippen LogP contribution in [-0.2, 0) is 14.3 Å². The average Bonchev–Trinajstić information content (AvgIpc) is 3.24. The van der Waals surface area contributed by atoms with Crippen LogP contribution in [-0.4, -0.2) is 60.5 Å². The first-order valence-corrected chi connectivity index (χ1v) is 9.41. The molecule has 0 aromatic carbocycles. The highest BCUT2D eigenvalue weighted by molar-refractivity contribution is 5.89. The highest BCUT2D eigenvalue weighted by Gasteiger charge is 2.46. The fraction of sp³-hybridized carbons (Fsp3) is 0.889. The normalized spacial score (nSPS) is 37.2. The molecule has 4 fully saturated rings. The summed E-state index contributed by atoms with van der Waals surface area (Å²) >= 11 is 0. The Bertz CT molecular complexity index is 475. The highest BCUT2D eigenvalue weighted by atomic mass is 16.5. The van der Waals surface area contributed by atoms with Crippen LogP contribution in [0.25, 0.3) is 0 Å². The molecule has 0 N–H and O–H groups in total. The number of carbonyl (C=O) groups excluding carboxylic acids is 2. The van der Waals surface area contributed by atoms with Crippen molar-refractivity contribution < 1.29 is 14.3 Å². The largest absolute Gasteiger partial charge is 0.378 e. The molecule has 4 unspecified atom stereocenters. The van der Waals surface area contributed by atoms with Crippen LogP contribution in [0.5, 0.6) is 0 Å². The van der Waals surface area contributed by atoms with Gasteiger partial charge in [0.15, 0.2) is 0 Å². The smallest absolute Gasteiger partial charge is 0.245 e. The molecule has 4 aliphatic rings. The van der Waals surface area contributed by atoms with Crippen molar-refractivity contribution in [2.45, 2.75) is 51.0 Å². The summed E-state index contributed by atoms with van der Waals surface area (Å²) in [6.45, 7) is 3.36. The zero-order valence-corrected chi connectivity index (χ0v) is 13.9. The quantitative estimate of drug-likeness (QED) is 0.777. The van der Waals surface area contributed by atoms with Gasteiger partial charge in [-0.15, -0.1) is 0 Å². The van der Waals surface area contributed by atoms with E-state index in [1.165, 1.54) is 19.3 Å². The van der Waals surface area contributed by atoms with Crippen molar-refractivity contribution in [1.29, 1.82) is 0 Å². The topological polar surface area (TPSA) is 49.9 Å². The van der Waals surface area contributed by atoms with Crippen molar-refractivity contribution in [1.82, 2.24) is 9.80 Å². The van der Waals surface area contributed by atoms with Crippen LogP contribution in [0.2, 0.25) is 0 Å². The van der Waals surface area contributed by atoms with Crippen LogP contribution in [0.3, 0.4) is 0 Å². The van der Waals surface area contributed by atoms with Gasteiger partial charge in [-0.25, -0.2) is 0 Å². The second kappa shape index (κ2) is 6.42. The Morgan fingerprint density at radius 1 is 0.870 bits per heavy atom. The second-order valence-corrected chi connectivity index (χ2v) is 7.76. The van der Waals surface area contributed by atoms with E-state index in [1.807, 2.05) is 9.80 Å². The molecule has 128 valence electrons. The molecule has 2 aliphatic heterocycles. The summed E-state index contributed by atoms with van der Waals surface area (Å²) in [7, 11) is 0. The van der Waals surface area contributed by atoms with Crippen LogP contribution < -0.4 is 0 Å². The molecule has 4 atom stereocenters. The van der Waals surface area contributed by atoms with E-state index in [0.29, 0.717) is 32.2 Å². The first-order chi connectivity index (χ1) is 11.2. The highest BCUT2D eigenvalue weighted by Crippen LogP contribution is 2.49. The average molecular weight is 320 g/mol. The molecular formula is C18H28N2O3. The lowest BCUT2D eigenvalue weighted by Gasteiger charge is -2.40. The molecule has 2 bridgehead atoms. The van der Waals surface area contributed by atoms with Crippen molar-refractivity contribution in [3.05, 3.63) is 0 Å². The standard InChI is InChI=1S/C18H28N2O3/c21-17(15-12-13-4-5-14(15)11-13)20-6-2-1-3-16(20)18(22)19-7-9-23-10-8-19/h13-16H,1-12H2. The monoisotopic (exact) mass is 320 g/mol. The van der Waals surface area contributed by atoms with Gasteiger partial charge in [0.25, 0.3) is 0 Å². The number of hydrogen-bond donors (Lipinski definition) is 0. The molecule has 0 radical (unpaired) electrons. The summed E-state index contributed by atoms with van der Waals surface area (Å²) in [5.74, 6) is 2.00. The number of amides is 2. The molecule has 2 aliphatic carbocycles. The van der Waals surface area contributed by atoms with E-state index in [2.05, 4.69) is 0 Å². The number of piperidine rings is 1. The van der Waals surface area contributed by atoms with E-state index < -0.39 is 0 Å². The van der Waals surface area contributed by atoms with Crippen LogP contribution >= 0.6 is 0 Å². The third-order valence-electron chi connectivity index (χ3n) is 6.45. The minimum atomic E-state index is -0.214. The maximum Gasteiger partial charge on any atom is 0.245 e. The minimum absolute atomic E-state index is 0.157. The van der Waals surface area contributed by atoms with Crippen molar-refractivity contribution in [2.24, 2.45) is 17.8 Å². The van der Waals surface area contributed by atoms with Crippen molar-refractivity contribution in [3.8, 4) is 0 Å². The molecule has 0 spiro atoms. The van der Waals surface area contributed by atoms with Crippen molar-refractivity contribution in [3.63, 3.8) is 0 Å². The molecule has 0 aromatic rings. The third kappa shape index (κ3) is 2.88. The van der Waals surface area contributed by atoms with Crippen LogP contribution in [0.4, 0.5) is 0 Å². The first kappa shape index (κ1) is 15.4. The lowest BCUT2D eigenvalue weighted by atomic mass is 9.86. The summed E-state index contributed by atoms with van der Waals surface area (Å²) in [5.41, 5.74) is 0. The van der Waals surface area contributed by atoms with Gasteiger partial charge in [-0.1, -0.05) is 6.42 Å². The molecule has 5 nitrogen and oxygen atoms in total. The van der Waals surface area contributed by atoms with Gasteiger partial charge in [0.1, 0.15) is 6.04 Å². The van der Waals surface area contributed by atoms with E-state index in [9.17, 15) is 9.59 Å². The zero-order chi connectivity index (χ0) is 15.8. The van der Waals surface area contributed by atoms with Gasteiger partial charge in [0.2, 0.25) is 11.8 Å². The molecule has 23 heavy (non-hydrogen) atoms. The van der Waals surface area contributed by atoms with Gasteiger partial charge >= 0.3 is 0 Å². The maximum atomic E-state index is 13.1. The molecule has 2 saturated heterocycles. The Morgan fingerprint density at radius 3 is 2.39 bits per heavy atom. The molecule has 2 amide bonds. The molecule has 2 heterocycles.